The Bertz CT molecular complexity index is 509. The van der Waals surface area contributed by atoms with Gasteiger partial charge in [-0.15, -0.1) is 0 Å². The molecule has 8 heteroatoms. The first-order valence-corrected chi connectivity index (χ1v) is 7.90. The lowest BCUT2D eigenvalue weighted by Gasteiger charge is -2.26. The fourth-order valence-corrected chi connectivity index (χ4v) is 2.54. The van der Waals surface area contributed by atoms with Crippen molar-refractivity contribution in [3.8, 4) is 0 Å². The van der Waals surface area contributed by atoms with Crippen LogP contribution in [0.3, 0.4) is 0 Å². The maximum atomic E-state index is 6.18. The number of morpholine rings is 1. The molecule has 2 N–H and O–H groups in total. The van der Waals surface area contributed by atoms with Crippen LogP contribution in [-0.2, 0) is 4.74 Å². The summed E-state index contributed by atoms with van der Waals surface area (Å²) in [6.07, 6.45) is 1.56. The van der Waals surface area contributed by atoms with Gasteiger partial charge in [0.25, 0.3) is 0 Å². The van der Waals surface area contributed by atoms with E-state index in [0.717, 1.165) is 45.0 Å². The van der Waals surface area contributed by atoms with Gasteiger partial charge in [0.1, 0.15) is 0 Å². The zero-order valence-electron chi connectivity index (χ0n) is 11.8. The van der Waals surface area contributed by atoms with Gasteiger partial charge in [0, 0.05) is 32.4 Å². The first-order valence-electron chi connectivity index (χ1n) is 6.73. The molecular weight excluding hydrogens is 331 g/mol. The molecule has 0 aliphatic carbocycles. The van der Waals surface area contributed by atoms with Crippen molar-refractivity contribution in [1.29, 1.82) is 0 Å². The summed E-state index contributed by atoms with van der Waals surface area (Å²) < 4.78 is 5.31. The van der Waals surface area contributed by atoms with Crippen molar-refractivity contribution >= 4 is 46.4 Å². The van der Waals surface area contributed by atoms with E-state index in [-0.39, 0.29) is 0 Å². The van der Waals surface area contributed by atoms with Gasteiger partial charge in [-0.25, -0.2) is 4.98 Å². The summed E-state index contributed by atoms with van der Waals surface area (Å²) in [5.74, 6) is 0.516. The van der Waals surface area contributed by atoms with Gasteiger partial charge in [-0.3, -0.25) is 4.90 Å². The van der Waals surface area contributed by atoms with Gasteiger partial charge in [-0.2, -0.15) is 0 Å². The van der Waals surface area contributed by atoms with Crippen LogP contribution in [0.25, 0.3) is 0 Å². The summed E-state index contributed by atoms with van der Waals surface area (Å²) in [7, 11) is 0. The van der Waals surface area contributed by atoms with Gasteiger partial charge < -0.3 is 15.4 Å². The summed E-state index contributed by atoms with van der Waals surface area (Å²) in [5.41, 5.74) is 0.784. The molecule has 0 saturated carbocycles. The van der Waals surface area contributed by atoms with Crippen molar-refractivity contribution in [3.63, 3.8) is 0 Å². The Morgan fingerprint density at radius 1 is 1.43 bits per heavy atom. The maximum Gasteiger partial charge on any atom is 0.172 e. The minimum absolute atomic E-state index is 0.486. The molecule has 1 saturated heterocycles. The van der Waals surface area contributed by atoms with Gasteiger partial charge in [0.15, 0.2) is 10.9 Å². The third kappa shape index (κ3) is 4.93. The van der Waals surface area contributed by atoms with Gasteiger partial charge >= 0.3 is 0 Å². The Morgan fingerprint density at radius 3 is 2.86 bits per heavy atom. The van der Waals surface area contributed by atoms with E-state index in [0.29, 0.717) is 21.0 Å². The molecule has 0 unspecified atom stereocenters. The van der Waals surface area contributed by atoms with Crippen LogP contribution >= 0.6 is 35.4 Å². The van der Waals surface area contributed by atoms with Crippen LogP contribution in [0.1, 0.15) is 5.56 Å². The van der Waals surface area contributed by atoms with Crippen LogP contribution in [-0.4, -0.2) is 54.4 Å². The minimum atomic E-state index is 0.486. The smallest absolute Gasteiger partial charge is 0.172 e. The van der Waals surface area contributed by atoms with Crippen LogP contribution in [0, 0.1) is 6.92 Å². The molecule has 21 heavy (non-hydrogen) atoms. The number of halogens is 2. The molecule has 0 spiro atoms. The summed E-state index contributed by atoms with van der Waals surface area (Å²) >= 11 is 17.4. The quantitative estimate of drug-likeness (QED) is 0.814. The number of ether oxygens (including phenoxy) is 1. The van der Waals surface area contributed by atoms with Crippen molar-refractivity contribution in [2.24, 2.45) is 0 Å². The number of aromatic nitrogens is 1. The zero-order valence-corrected chi connectivity index (χ0v) is 14.1. The third-order valence-electron chi connectivity index (χ3n) is 3.25. The van der Waals surface area contributed by atoms with Crippen LogP contribution in [0.15, 0.2) is 6.20 Å². The second kappa shape index (κ2) is 8.10. The molecule has 0 amide bonds. The largest absolute Gasteiger partial charge is 0.379 e. The van der Waals surface area contributed by atoms with Crippen LogP contribution in [0.5, 0.6) is 0 Å². The summed E-state index contributed by atoms with van der Waals surface area (Å²) in [5, 5.41) is 7.66. The van der Waals surface area contributed by atoms with Gasteiger partial charge in [-0.1, -0.05) is 23.2 Å². The zero-order chi connectivity index (χ0) is 15.2. The van der Waals surface area contributed by atoms with E-state index in [9.17, 15) is 0 Å². The van der Waals surface area contributed by atoms with Crippen LogP contribution < -0.4 is 10.6 Å². The monoisotopic (exact) mass is 348 g/mol. The Labute approximate surface area is 140 Å². The van der Waals surface area contributed by atoms with E-state index >= 15 is 0 Å². The predicted octanol–water partition coefficient (Wildman–Crippen LogP) is 2.32. The number of hydrogen-bond donors (Lipinski definition) is 2. The van der Waals surface area contributed by atoms with E-state index in [1.807, 2.05) is 6.92 Å². The highest BCUT2D eigenvalue weighted by atomic mass is 35.5. The normalized spacial score (nSPS) is 15.8. The number of anilines is 1. The van der Waals surface area contributed by atoms with E-state index in [4.69, 9.17) is 40.2 Å². The van der Waals surface area contributed by atoms with E-state index in [1.54, 1.807) is 6.20 Å². The van der Waals surface area contributed by atoms with Crippen LogP contribution in [0.4, 0.5) is 5.82 Å². The Kier molecular flexibility index (Phi) is 6.44. The first-order chi connectivity index (χ1) is 10.1. The van der Waals surface area contributed by atoms with Crippen molar-refractivity contribution < 1.29 is 4.74 Å². The highest BCUT2D eigenvalue weighted by molar-refractivity contribution is 7.80. The Balaban J connectivity index is 1.78. The van der Waals surface area contributed by atoms with Gasteiger partial charge in [-0.05, 0) is 24.7 Å². The summed E-state index contributed by atoms with van der Waals surface area (Å²) in [4.78, 5) is 6.48. The SMILES string of the molecule is Cc1c(Cl)cnc(NC(=S)NCCN2CCOCC2)c1Cl. The second-order valence-electron chi connectivity index (χ2n) is 4.73. The molecule has 0 aromatic carbocycles. The Hall–Kier alpha value is -0.660. The molecule has 0 radical (unpaired) electrons. The number of rotatable bonds is 4. The number of nitrogens with zero attached hydrogens (tertiary/aromatic N) is 2. The summed E-state index contributed by atoms with van der Waals surface area (Å²) in [6.45, 7) is 7.05. The molecule has 1 aromatic rings. The topological polar surface area (TPSA) is 49.4 Å². The molecule has 5 nitrogen and oxygen atoms in total. The van der Waals surface area contributed by atoms with Gasteiger partial charge in [0.2, 0.25) is 0 Å². The van der Waals surface area contributed by atoms with E-state index in [1.165, 1.54) is 0 Å². The summed E-state index contributed by atoms with van der Waals surface area (Å²) in [6, 6.07) is 0. The fraction of sp³-hybridized carbons (Fsp3) is 0.538. The lowest BCUT2D eigenvalue weighted by molar-refractivity contribution is 0.0389. The Morgan fingerprint density at radius 2 is 2.14 bits per heavy atom. The van der Waals surface area contributed by atoms with Crippen molar-refractivity contribution in [2.75, 3.05) is 44.7 Å². The van der Waals surface area contributed by atoms with E-state index in [2.05, 4.69) is 20.5 Å². The molecule has 1 aromatic heterocycles. The molecule has 0 atom stereocenters. The molecule has 1 fully saturated rings. The van der Waals surface area contributed by atoms with Crippen molar-refractivity contribution in [2.45, 2.75) is 6.92 Å². The maximum absolute atomic E-state index is 6.18. The molecular formula is C13H18Cl2N4OS. The van der Waals surface area contributed by atoms with Crippen molar-refractivity contribution in [3.05, 3.63) is 21.8 Å². The number of hydrogen-bond acceptors (Lipinski definition) is 4. The highest BCUT2D eigenvalue weighted by Gasteiger charge is 2.11. The number of nitrogens with one attached hydrogen (secondary N) is 2. The molecule has 2 rings (SSSR count). The molecule has 2 heterocycles. The average molecular weight is 349 g/mol. The molecule has 1 aliphatic rings. The van der Waals surface area contributed by atoms with Crippen molar-refractivity contribution in [1.82, 2.24) is 15.2 Å². The number of thiocarbonyl (C=S) groups is 1. The standard InChI is InChI=1S/C13H18Cl2N4OS/c1-9-10(14)8-17-12(11(9)15)18-13(21)16-2-3-19-4-6-20-7-5-19/h8H,2-7H2,1H3,(H2,16,17,18,21). The van der Waals surface area contributed by atoms with E-state index < -0.39 is 0 Å². The predicted molar refractivity (Wildman–Crippen MR) is 90.5 cm³/mol. The van der Waals surface area contributed by atoms with Crippen LogP contribution in [0.2, 0.25) is 10.0 Å². The van der Waals surface area contributed by atoms with Gasteiger partial charge in [0.05, 0.1) is 23.3 Å². The highest BCUT2D eigenvalue weighted by Crippen LogP contribution is 2.28. The number of pyridine rings is 1. The average Bonchev–Trinajstić information content (AvgIpc) is 2.49. The fourth-order valence-electron chi connectivity index (χ4n) is 1.95. The lowest BCUT2D eigenvalue weighted by atomic mass is 10.3. The lowest BCUT2D eigenvalue weighted by Crippen LogP contribution is -2.42. The second-order valence-corrected chi connectivity index (χ2v) is 5.92. The molecule has 116 valence electrons. The molecule has 1 aliphatic heterocycles. The molecule has 0 bridgehead atoms. The minimum Gasteiger partial charge on any atom is -0.379 e. The first kappa shape index (κ1) is 16.7. The third-order valence-corrected chi connectivity index (χ3v) is 4.34.